The van der Waals surface area contributed by atoms with Gasteiger partial charge in [0.25, 0.3) is 0 Å². The monoisotopic (exact) mass is 130 g/mol. The van der Waals surface area contributed by atoms with E-state index in [0.717, 1.165) is 25.9 Å². The first kappa shape index (κ1) is 7.03. The Morgan fingerprint density at radius 1 is 1.67 bits per heavy atom. The lowest BCUT2D eigenvalue weighted by molar-refractivity contribution is -0.0868. The summed E-state index contributed by atoms with van der Waals surface area (Å²) in [4.78, 5) is 0. The summed E-state index contributed by atoms with van der Waals surface area (Å²) in [7, 11) is 0. The number of ether oxygens (including phenoxy) is 1. The molecule has 1 aliphatic heterocycles. The zero-order valence-electron chi connectivity index (χ0n) is 5.89. The molecule has 0 aromatic heterocycles. The van der Waals surface area contributed by atoms with Gasteiger partial charge in [-0.1, -0.05) is 6.92 Å². The third kappa shape index (κ3) is 1.66. The Kier molecular flexibility index (Phi) is 2.09. The molecule has 2 heteroatoms. The summed E-state index contributed by atoms with van der Waals surface area (Å²) in [5, 5.41) is 9.56. The minimum absolute atomic E-state index is 0.502. The molecular weight excluding hydrogens is 116 g/mol. The average molecular weight is 130 g/mol. The van der Waals surface area contributed by atoms with Gasteiger partial charge in [-0.15, -0.1) is 0 Å². The molecule has 1 rings (SSSR count). The van der Waals surface area contributed by atoms with Gasteiger partial charge in [0, 0.05) is 6.61 Å². The molecular formula is C7H14O2. The summed E-state index contributed by atoms with van der Waals surface area (Å²) >= 11 is 0. The van der Waals surface area contributed by atoms with Crippen molar-refractivity contribution < 1.29 is 9.84 Å². The second-order valence-electron chi connectivity index (χ2n) is 2.73. The Morgan fingerprint density at radius 3 is 2.78 bits per heavy atom. The molecule has 0 aromatic carbocycles. The standard InChI is InChI=1S/C7H14O2/c1-2-7(8)4-3-5-9-6-7/h8H,2-6H2,1H3/t7-/m0/s1. The van der Waals surface area contributed by atoms with Gasteiger partial charge in [-0.2, -0.15) is 0 Å². The first-order valence-electron chi connectivity index (χ1n) is 3.57. The molecule has 0 radical (unpaired) electrons. The highest BCUT2D eigenvalue weighted by molar-refractivity contribution is 4.78. The van der Waals surface area contributed by atoms with Gasteiger partial charge in [0.15, 0.2) is 0 Å². The number of rotatable bonds is 1. The molecule has 0 unspecified atom stereocenters. The van der Waals surface area contributed by atoms with Gasteiger partial charge in [0.2, 0.25) is 0 Å². The Hall–Kier alpha value is -0.0800. The van der Waals surface area contributed by atoms with Crippen LogP contribution in [-0.4, -0.2) is 23.9 Å². The second kappa shape index (κ2) is 2.67. The van der Waals surface area contributed by atoms with Crippen molar-refractivity contribution in [1.82, 2.24) is 0 Å². The number of hydrogen-bond donors (Lipinski definition) is 1. The van der Waals surface area contributed by atoms with E-state index >= 15 is 0 Å². The quantitative estimate of drug-likeness (QED) is 0.572. The Morgan fingerprint density at radius 2 is 2.44 bits per heavy atom. The lowest BCUT2D eigenvalue weighted by Crippen LogP contribution is -2.37. The Labute approximate surface area is 55.8 Å². The van der Waals surface area contributed by atoms with Crippen LogP contribution in [0.5, 0.6) is 0 Å². The fraction of sp³-hybridized carbons (Fsp3) is 1.00. The van der Waals surface area contributed by atoms with Gasteiger partial charge in [-0.3, -0.25) is 0 Å². The van der Waals surface area contributed by atoms with Crippen LogP contribution >= 0.6 is 0 Å². The molecule has 0 bridgehead atoms. The predicted molar refractivity (Wildman–Crippen MR) is 35.3 cm³/mol. The van der Waals surface area contributed by atoms with Crippen LogP contribution in [0.15, 0.2) is 0 Å². The molecule has 1 heterocycles. The van der Waals surface area contributed by atoms with Gasteiger partial charge in [0.1, 0.15) is 0 Å². The van der Waals surface area contributed by atoms with E-state index in [1.54, 1.807) is 0 Å². The van der Waals surface area contributed by atoms with Crippen molar-refractivity contribution in [2.45, 2.75) is 31.8 Å². The van der Waals surface area contributed by atoms with Crippen molar-refractivity contribution in [2.24, 2.45) is 0 Å². The second-order valence-corrected chi connectivity index (χ2v) is 2.73. The maximum absolute atomic E-state index is 9.56. The van der Waals surface area contributed by atoms with E-state index in [1.807, 2.05) is 6.92 Å². The van der Waals surface area contributed by atoms with E-state index in [0.29, 0.717) is 6.61 Å². The molecule has 0 aliphatic carbocycles. The molecule has 9 heavy (non-hydrogen) atoms. The fourth-order valence-corrected chi connectivity index (χ4v) is 1.12. The van der Waals surface area contributed by atoms with Gasteiger partial charge < -0.3 is 9.84 Å². The van der Waals surface area contributed by atoms with Crippen LogP contribution in [0.3, 0.4) is 0 Å². The summed E-state index contributed by atoms with van der Waals surface area (Å²) in [6, 6.07) is 0. The fourth-order valence-electron chi connectivity index (χ4n) is 1.12. The molecule has 0 saturated carbocycles. The van der Waals surface area contributed by atoms with Gasteiger partial charge in [0.05, 0.1) is 12.2 Å². The maximum atomic E-state index is 9.56. The summed E-state index contributed by atoms with van der Waals surface area (Å²) in [6.07, 6.45) is 2.72. The van der Waals surface area contributed by atoms with E-state index in [4.69, 9.17) is 4.74 Å². The van der Waals surface area contributed by atoms with Gasteiger partial charge in [-0.25, -0.2) is 0 Å². The molecule has 1 aliphatic rings. The van der Waals surface area contributed by atoms with Crippen LogP contribution in [0.1, 0.15) is 26.2 Å². The van der Waals surface area contributed by atoms with E-state index in [9.17, 15) is 5.11 Å². The highest BCUT2D eigenvalue weighted by Crippen LogP contribution is 2.21. The largest absolute Gasteiger partial charge is 0.387 e. The Bertz CT molecular complexity index is 84.9. The molecule has 1 N–H and O–H groups in total. The molecule has 2 nitrogen and oxygen atoms in total. The SMILES string of the molecule is CC[C@]1(O)CCCOC1. The smallest absolute Gasteiger partial charge is 0.0878 e. The third-order valence-corrected chi connectivity index (χ3v) is 1.96. The summed E-state index contributed by atoms with van der Waals surface area (Å²) in [5.41, 5.74) is -0.502. The zero-order chi connectivity index (χ0) is 6.74. The average Bonchev–Trinajstić information content (AvgIpc) is 1.90. The highest BCUT2D eigenvalue weighted by atomic mass is 16.5. The zero-order valence-corrected chi connectivity index (χ0v) is 5.89. The normalized spacial score (nSPS) is 36.7. The van der Waals surface area contributed by atoms with Crippen molar-refractivity contribution in [3.8, 4) is 0 Å². The van der Waals surface area contributed by atoms with Gasteiger partial charge in [-0.05, 0) is 19.3 Å². The summed E-state index contributed by atoms with van der Waals surface area (Å²) < 4.78 is 5.13. The highest BCUT2D eigenvalue weighted by Gasteiger charge is 2.27. The topological polar surface area (TPSA) is 29.5 Å². The van der Waals surface area contributed by atoms with Crippen molar-refractivity contribution in [3.63, 3.8) is 0 Å². The van der Waals surface area contributed by atoms with Gasteiger partial charge >= 0.3 is 0 Å². The van der Waals surface area contributed by atoms with Crippen molar-refractivity contribution in [2.75, 3.05) is 13.2 Å². The van der Waals surface area contributed by atoms with Crippen molar-refractivity contribution in [1.29, 1.82) is 0 Å². The number of aliphatic hydroxyl groups is 1. The van der Waals surface area contributed by atoms with E-state index < -0.39 is 5.60 Å². The van der Waals surface area contributed by atoms with E-state index in [-0.39, 0.29) is 0 Å². The lowest BCUT2D eigenvalue weighted by Gasteiger charge is -2.30. The first-order chi connectivity index (χ1) is 4.27. The lowest BCUT2D eigenvalue weighted by atomic mass is 9.94. The van der Waals surface area contributed by atoms with Crippen LogP contribution in [0.2, 0.25) is 0 Å². The minimum Gasteiger partial charge on any atom is -0.387 e. The maximum Gasteiger partial charge on any atom is 0.0878 e. The van der Waals surface area contributed by atoms with E-state index in [2.05, 4.69) is 0 Å². The predicted octanol–water partition coefficient (Wildman–Crippen LogP) is 0.938. The molecule has 54 valence electrons. The van der Waals surface area contributed by atoms with E-state index in [1.165, 1.54) is 0 Å². The minimum atomic E-state index is -0.502. The molecule has 0 aromatic rings. The molecule has 1 saturated heterocycles. The van der Waals surface area contributed by atoms with Crippen LogP contribution in [0, 0.1) is 0 Å². The summed E-state index contributed by atoms with van der Waals surface area (Å²) in [5.74, 6) is 0. The van der Waals surface area contributed by atoms with Crippen molar-refractivity contribution >= 4 is 0 Å². The summed E-state index contributed by atoms with van der Waals surface area (Å²) in [6.45, 7) is 3.35. The van der Waals surface area contributed by atoms with Crippen LogP contribution in [-0.2, 0) is 4.74 Å². The Balaban J connectivity index is 2.37. The van der Waals surface area contributed by atoms with Crippen molar-refractivity contribution in [3.05, 3.63) is 0 Å². The molecule has 0 spiro atoms. The van der Waals surface area contributed by atoms with Crippen LogP contribution < -0.4 is 0 Å². The first-order valence-corrected chi connectivity index (χ1v) is 3.57. The third-order valence-electron chi connectivity index (χ3n) is 1.96. The van der Waals surface area contributed by atoms with Crippen LogP contribution in [0.4, 0.5) is 0 Å². The molecule has 1 fully saturated rings. The number of hydrogen-bond acceptors (Lipinski definition) is 2. The van der Waals surface area contributed by atoms with Crippen LogP contribution in [0.25, 0.3) is 0 Å². The molecule has 1 atom stereocenters. The molecule has 0 amide bonds.